The maximum Gasteiger partial charge on any atom is 0.408 e. The van der Waals surface area contributed by atoms with E-state index in [0.29, 0.717) is 19.1 Å². The number of hydrogen-bond donors (Lipinski definition) is 3. The first-order valence-electron chi connectivity index (χ1n) is 8.62. The summed E-state index contributed by atoms with van der Waals surface area (Å²) in [7, 11) is 5.47. The molecule has 0 aromatic carbocycles. The molecule has 0 unspecified atom stereocenters. The molecule has 0 radical (unpaired) electrons. The Kier molecular flexibility index (Phi) is 14.1. The molecule has 156 valence electrons. The smallest absolute Gasteiger partial charge is 0.408 e. The van der Waals surface area contributed by atoms with Gasteiger partial charge in [0.2, 0.25) is 0 Å². The molecule has 0 saturated carbocycles. The Labute approximate surface area is 175 Å². The molecule has 0 aliphatic heterocycles. The number of methoxy groups -OCH3 is 1. The molecular formula is C17H38IN5O3. The zero-order valence-electron chi connectivity index (χ0n) is 17.6. The SMILES string of the molecule is CN=C(NCCN(C)CCOC)NCC(C)(C)NC(=O)OC(C)(C)C.I. The fourth-order valence-corrected chi connectivity index (χ4v) is 1.87. The number of hydrogen-bond acceptors (Lipinski definition) is 5. The van der Waals surface area contributed by atoms with Gasteiger partial charge in [0.05, 0.1) is 12.1 Å². The number of likely N-dealkylation sites (N-methyl/N-ethyl adjacent to an activating group) is 1. The summed E-state index contributed by atoms with van der Waals surface area (Å²) in [6.45, 7) is 13.1. The van der Waals surface area contributed by atoms with E-state index in [9.17, 15) is 4.79 Å². The van der Waals surface area contributed by atoms with Crippen LogP contribution in [0.25, 0.3) is 0 Å². The van der Waals surface area contributed by atoms with Crippen molar-refractivity contribution in [2.45, 2.75) is 45.8 Å². The van der Waals surface area contributed by atoms with Gasteiger partial charge in [-0.15, -0.1) is 24.0 Å². The number of rotatable bonds is 9. The highest BCUT2D eigenvalue weighted by molar-refractivity contribution is 14.0. The number of carbonyl (C=O) groups excluding carboxylic acids is 1. The van der Waals surface area contributed by atoms with Crippen molar-refractivity contribution in [1.82, 2.24) is 20.9 Å². The number of carbonyl (C=O) groups is 1. The number of aliphatic imine (C=N–C) groups is 1. The monoisotopic (exact) mass is 487 g/mol. The first-order valence-corrected chi connectivity index (χ1v) is 8.62. The summed E-state index contributed by atoms with van der Waals surface area (Å²) >= 11 is 0. The van der Waals surface area contributed by atoms with E-state index in [0.717, 1.165) is 19.6 Å². The van der Waals surface area contributed by atoms with Crippen LogP contribution in [0.3, 0.4) is 0 Å². The van der Waals surface area contributed by atoms with E-state index in [1.807, 2.05) is 41.7 Å². The van der Waals surface area contributed by atoms with Gasteiger partial charge in [-0.05, 0) is 41.7 Å². The predicted octanol–water partition coefficient (Wildman–Crippen LogP) is 1.65. The summed E-state index contributed by atoms with van der Waals surface area (Å²) in [6, 6.07) is 0. The Hall–Kier alpha value is -0.810. The van der Waals surface area contributed by atoms with Crippen LogP contribution in [-0.2, 0) is 9.47 Å². The van der Waals surface area contributed by atoms with E-state index in [1.165, 1.54) is 0 Å². The molecule has 8 nitrogen and oxygen atoms in total. The Morgan fingerprint density at radius 1 is 1.12 bits per heavy atom. The molecule has 0 saturated heterocycles. The standard InChI is InChI=1S/C17H37N5O3.HI/c1-16(2,3)25-15(23)21-17(4,5)13-20-14(18-6)19-9-10-22(7)11-12-24-8;/h9-13H2,1-8H3,(H,21,23)(H2,18,19,20);1H. The van der Waals surface area contributed by atoms with Gasteiger partial charge in [-0.3, -0.25) is 4.99 Å². The molecule has 0 heterocycles. The fourth-order valence-electron chi connectivity index (χ4n) is 1.87. The van der Waals surface area contributed by atoms with Gasteiger partial charge < -0.3 is 30.3 Å². The van der Waals surface area contributed by atoms with Gasteiger partial charge in [-0.25, -0.2) is 4.79 Å². The molecule has 0 spiro atoms. The summed E-state index contributed by atoms with van der Waals surface area (Å²) in [4.78, 5) is 18.3. The maximum absolute atomic E-state index is 11.9. The third-order valence-corrected chi connectivity index (χ3v) is 3.22. The van der Waals surface area contributed by atoms with Crippen LogP contribution in [0.4, 0.5) is 4.79 Å². The lowest BCUT2D eigenvalue weighted by Gasteiger charge is -2.29. The van der Waals surface area contributed by atoms with Crippen LogP contribution in [0, 0.1) is 0 Å². The lowest BCUT2D eigenvalue weighted by Crippen LogP contribution is -2.54. The first kappa shape index (κ1) is 27.4. The molecule has 0 aromatic heterocycles. The van der Waals surface area contributed by atoms with Crippen molar-refractivity contribution in [3.63, 3.8) is 0 Å². The number of nitrogens with one attached hydrogen (secondary N) is 3. The lowest BCUT2D eigenvalue weighted by atomic mass is 10.1. The second-order valence-corrected chi connectivity index (χ2v) is 7.66. The number of alkyl carbamates (subject to hydrolysis) is 1. The average Bonchev–Trinajstić information content (AvgIpc) is 2.45. The molecule has 0 atom stereocenters. The molecule has 0 aliphatic rings. The van der Waals surface area contributed by atoms with Gasteiger partial charge in [0, 0.05) is 40.3 Å². The van der Waals surface area contributed by atoms with Crippen molar-refractivity contribution in [2.24, 2.45) is 4.99 Å². The van der Waals surface area contributed by atoms with Crippen LogP contribution in [0.1, 0.15) is 34.6 Å². The van der Waals surface area contributed by atoms with Crippen molar-refractivity contribution >= 4 is 36.0 Å². The van der Waals surface area contributed by atoms with E-state index in [2.05, 4.69) is 25.8 Å². The molecular weight excluding hydrogens is 449 g/mol. The molecule has 3 N–H and O–H groups in total. The van der Waals surface area contributed by atoms with Gasteiger partial charge >= 0.3 is 6.09 Å². The molecule has 0 rings (SSSR count). The van der Waals surface area contributed by atoms with Crippen LogP contribution in [0.15, 0.2) is 4.99 Å². The van der Waals surface area contributed by atoms with Crippen molar-refractivity contribution < 1.29 is 14.3 Å². The summed E-state index contributed by atoms with van der Waals surface area (Å²) in [6.07, 6.45) is -0.429. The van der Waals surface area contributed by atoms with Crippen LogP contribution < -0.4 is 16.0 Å². The van der Waals surface area contributed by atoms with Gasteiger partial charge in [0.1, 0.15) is 5.60 Å². The summed E-state index contributed by atoms with van der Waals surface area (Å²) in [5, 5.41) is 9.33. The minimum Gasteiger partial charge on any atom is -0.444 e. The first-order chi connectivity index (χ1) is 11.5. The highest BCUT2D eigenvalue weighted by Gasteiger charge is 2.24. The summed E-state index contributed by atoms with van der Waals surface area (Å²) in [5.74, 6) is 0.694. The third kappa shape index (κ3) is 15.4. The normalized spacial score (nSPS) is 12.4. The topological polar surface area (TPSA) is 87.2 Å². The Balaban J connectivity index is 0. The van der Waals surface area contributed by atoms with Gasteiger partial charge in [0.15, 0.2) is 5.96 Å². The molecule has 0 bridgehead atoms. The zero-order valence-corrected chi connectivity index (χ0v) is 19.9. The molecule has 0 fully saturated rings. The van der Waals surface area contributed by atoms with Crippen LogP contribution in [0.5, 0.6) is 0 Å². The number of guanidine groups is 1. The second kappa shape index (κ2) is 13.4. The van der Waals surface area contributed by atoms with Crippen molar-refractivity contribution in [3.8, 4) is 0 Å². The number of nitrogens with zero attached hydrogens (tertiary/aromatic N) is 2. The minimum absolute atomic E-state index is 0. The summed E-state index contributed by atoms with van der Waals surface area (Å²) < 4.78 is 10.3. The van der Waals surface area contributed by atoms with Crippen LogP contribution in [0.2, 0.25) is 0 Å². The largest absolute Gasteiger partial charge is 0.444 e. The average molecular weight is 487 g/mol. The van der Waals surface area contributed by atoms with Crippen LogP contribution >= 0.6 is 24.0 Å². The van der Waals surface area contributed by atoms with Gasteiger partial charge in [-0.2, -0.15) is 0 Å². The number of ether oxygens (including phenoxy) is 2. The van der Waals surface area contributed by atoms with E-state index in [1.54, 1.807) is 14.2 Å². The second-order valence-electron chi connectivity index (χ2n) is 7.66. The zero-order chi connectivity index (χ0) is 19.5. The van der Waals surface area contributed by atoms with Gasteiger partial charge in [0.25, 0.3) is 0 Å². The fraction of sp³-hybridized carbons (Fsp3) is 0.882. The highest BCUT2D eigenvalue weighted by Crippen LogP contribution is 2.09. The predicted molar refractivity (Wildman–Crippen MR) is 118 cm³/mol. The Morgan fingerprint density at radius 2 is 1.73 bits per heavy atom. The van der Waals surface area contributed by atoms with E-state index >= 15 is 0 Å². The van der Waals surface area contributed by atoms with Crippen molar-refractivity contribution in [1.29, 1.82) is 0 Å². The highest BCUT2D eigenvalue weighted by atomic mass is 127. The molecule has 0 aromatic rings. The maximum atomic E-state index is 11.9. The quantitative estimate of drug-likeness (QED) is 0.261. The summed E-state index contributed by atoms with van der Waals surface area (Å²) in [5.41, 5.74) is -0.991. The minimum atomic E-state index is -0.514. The number of halogens is 1. The molecule has 1 amide bonds. The molecule has 26 heavy (non-hydrogen) atoms. The van der Waals surface area contributed by atoms with Crippen molar-refractivity contribution in [3.05, 3.63) is 0 Å². The lowest BCUT2D eigenvalue weighted by molar-refractivity contribution is 0.0474. The van der Waals surface area contributed by atoms with E-state index in [-0.39, 0.29) is 24.0 Å². The van der Waals surface area contributed by atoms with Gasteiger partial charge in [-0.1, -0.05) is 0 Å². The van der Waals surface area contributed by atoms with Crippen LogP contribution in [-0.4, -0.2) is 82.1 Å². The Morgan fingerprint density at radius 3 is 2.23 bits per heavy atom. The molecule has 9 heteroatoms. The third-order valence-electron chi connectivity index (χ3n) is 3.22. The number of amides is 1. The van der Waals surface area contributed by atoms with Crippen molar-refractivity contribution in [2.75, 3.05) is 54.0 Å². The van der Waals surface area contributed by atoms with E-state index in [4.69, 9.17) is 9.47 Å². The molecule has 0 aliphatic carbocycles. The Bertz CT molecular complexity index is 425. The van der Waals surface area contributed by atoms with E-state index < -0.39 is 17.2 Å².